The highest BCUT2D eigenvalue weighted by Gasteiger charge is 2.33. The van der Waals surface area contributed by atoms with Gasteiger partial charge in [-0.1, -0.05) is 12.8 Å². The second-order valence-electron chi connectivity index (χ2n) is 4.30. The van der Waals surface area contributed by atoms with E-state index in [9.17, 15) is 8.78 Å². The van der Waals surface area contributed by atoms with Gasteiger partial charge in [-0.25, -0.2) is 13.8 Å². The first-order valence-corrected chi connectivity index (χ1v) is 5.44. The first-order valence-electron chi connectivity index (χ1n) is 5.44. The Morgan fingerprint density at radius 2 is 2.06 bits per heavy atom. The summed E-state index contributed by atoms with van der Waals surface area (Å²) in [6, 6.07) is 0.828. The molecule has 1 aromatic rings. The van der Waals surface area contributed by atoms with E-state index in [-0.39, 0.29) is 11.4 Å². The smallest absolute Gasteiger partial charge is 0.168 e. The maximum absolute atomic E-state index is 13.4. The lowest BCUT2D eigenvalue weighted by Gasteiger charge is -2.29. The molecule has 88 valence electrons. The van der Waals surface area contributed by atoms with Gasteiger partial charge in [0.05, 0.1) is 11.7 Å². The number of nitrogens with one attached hydrogen (secondary N) is 1. The zero-order valence-electron chi connectivity index (χ0n) is 8.97. The summed E-state index contributed by atoms with van der Waals surface area (Å²) >= 11 is 0. The van der Waals surface area contributed by atoms with Crippen molar-refractivity contribution >= 4 is 5.82 Å². The Balaban J connectivity index is 2.19. The van der Waals surface area contributed by atoms with Crippen molar-refractivity contribution in [3.05, 3.63) is 23.9 Å². The van der Waals surface area contributed by atoms with E-state index in [1.165, 1.54) is 0 Å². The first kappa shape index (κ1) is 11.3. The minimum Gasteiger partial charge on any atom is -0.361 e. The lowest BCUT2D eigenvalue weighted by atomic mass is 9.98. The van der Waals surface area contributed by atoms with Crippen LogP contribution in [-0.4, -0.2) is 17.1 Å². The van der Waals surface area contributed by atoms with E-state index < -0.39 is 11.6 Å². The summed E-state index contributed by atoms with van der Waals surface area (Å²) in [5.74, 6) is -1.25. The van der Waals surface area contributed by atoms with E-state index in [1.54, 1.807) is 0 Å². The number of nitrogens with two attached hydrogens (primary N) is 1. The average Bonchev–Trinajstić information content (AvgIpc) is 2.72. The Morgan fingerprint density at radius 1 is 1.38 bits per heavy atom. The van der Waals surface area contributed by atoms with Crippen LogP contribution in [0.25, 0.3) is 0 Å². The van der Waals surface area contributed by atoms with Crippen LogP contribution in [0.5, 0.6) is 0 Å². The van der Waals surface area contributed by atoms with Crippen molar-refractivity contribution in [2.24, 2.45) is 5.73 Å². The molecule has 2 rings (SSSR count). The molecule has 1 aliphatic rings. The minimum absolute atomic E-state index is 0.0914. The highest BCUT2D eigenvalue weighted by molar-refractivity contribution is 5.39. The molecule has 3 nitrogen and oxygen atoms in total. The third kappa shape index (κ3) is 2.14. The lowest BCUT2D eigenvalue weighted by molar-refractivity contribution is 0.483. The Kier molecular flexibility index (Phi) is 3.05. The van der Waals surface area contributed by atoms with E-state index in [2.05, 4.69) is 10.3 Å². The third-order valence-corrected chi connectivity index (χ3v) is 3.14. The van der Waals surface area contributed by atoms with Gasteiger partial charge in [0.15, 0.2) is 11.6 Å². The molecule has 0 aromatic carbocycles. The summed E-state index contributed by atoms with van der Waals surface area (Å²) in [5.41, 5.74) is 5.44. The zero-order valence-corrected chi connectivity index (χ0v) is 8.97. The maximum Gasteiger partial charge on any atom is 0.168 e. The molecule has 0 bridgehead atoms. The summed E-state index contributed by atoms with van der Waals surface area (Å²) in [4.78, 5) is 3.72. The second-order valence-corrected chi connectivity index (χ2v) is 4.30. The molecule has 1 aliphatic carbocycles. The van der Waals surface area contributed by atoms with Gasteiger partial charge >= 0.3 is 0 Å². The number of hydrogen-bond donors (Lipinski definition) is 2. The quantitative estimate of drug-likeness (QED) is 0.830. The standard InChI is InChI=1S/C11H15F2N3/c12-8-5-9(13)10(15-6-8)16-11(7-14)3-1-2-4-11/h5-6H,1-4,7,14H2,(H,15,16). The van der Waals surface area contributed by atoms with E-state index in [1.807, 2.05) is 0 Å². The zero-order chi connectivity index (χ0) is 11.6. The molecule has 16 heavy (non-hydrogen) atoms. The van der Waals surface area contributed by atoms with Crippen LogP contribution in [-0.2, 0) is 0 Å². The van der Waals surface area contributed by atoms with Gasteiger partial charge in [-0.3, -0.25) is 0 Å². The van der Waals surface area contributed by atoms with Gasteiger partial charge in [0.25, 0.3) is 0 Å². The van der Waals surface area contributed by atoms with Gasteiger partial charge in [-0.2, -0.15) is 0 Å². The van der Waals surface area contributed by atoms with Crippen LogP contribution in [0.4, 0.5) is 14.6 Å². The van der Waals surface area contributed by atoms with Gasteiger partial charge in [0, 0.05) is 12.6 Å². The van der Waals surface area contributed by atoms with Gasteiger partial charge < -0.3 is 11.1 Å². The summed E-state index contributed by atoms with van der Waals surface area (Å²) in [7, 11) is 0. The molecule has 1 heterocycles. The third-order valence-electron chi connectivity index (χ3n) is 3.14. The van der Waals surface area contributed by atoms with Crippen LogP contribution >= 0.6 is 0 Å². The molecular formula is C11H15F2N3. The molecule has 0 unspecified atom stereocenters. The monoisotopic (exact) mass is 227 g/mol. The number of anilines is 1. The summed E-state index contributed by atoms with van der Waals surface area (Å²) in [5, 5.41) is 3.02. The molecule has 1 saturated carbocycles. The van der Waals surface area contributed by atoms with Crippen LogP contribution < -0.4 is 11.1 Å². The summed E-state index contributed by atoms with van der Waals surface area (Å²) < 4.78 is 26.1. The number of pyridine rings is 1. The molecule has 1 fully saturated rings. The number of aromatic nitrogens is 1. The first-order chi connectivity index (χ1) is 7.65. The van der Waals surface area contributed by atoms with Crippen molar-refractivity contribution in [1.82, 2.24) is 4.98 Å². The van der Waals surface area contributed by atoms with E-state index in [0.717, 1.165) is 37.9 Å². The molecule has 0 aliphatic heterocycles. The van der Waals surface area contributed by atoms with Gasteiger partial charge in [-0.15, -0.1) is 0 Å². The number of halogens is 2. The molecule has 3 N–H and O–H groups in total. The normalized spacial score (nSPS) is 18.7. The lowest BCUT2D eigenvalue weighted by Crippen LogP contribution is -2.43. The van der Waals surface area contributed by atoms with Crippen molar-refractivity contribution in [3.8, 4) is 0 Å². The van der Waals surface area contributed by atoms with Gasteiger partial charge in [0.1, 0.15) is 5.82 Å². The topological polar surface area (TPSA) is 50.9 Å². The van der Waals surface area contributed by atoms with Gasteiger partial charge in [-0.05, 0) is 12.8 Å². The Bertz CT molecular complexity index is 375. The average molecular weight is 227 g/mol. The molecule has 5 heteroatoms. The molecule has 1 aromatic heterocycles. The molecule has 0 saturated heterocycles. The molecule has 0 atom stereocenters. The number of hydrogen-bond acceptors (Lipinski definition) is 3. The number of rotatable bonds is 3. The van der Waals surface area contributed by atoms with Crippen LogP contribution in [0.1, 0.15) is 25.7 Å². The molecule has 0 amide bonds. The highest BCUT2D eigenvalue weighted by Crippen LogP contribution is 2.32. The Morgan fingerprint density at radius 3 is 2.62 bits per heavy atom. The molecule has 0 spiro atoms. The van der Waals surface area contributed by atoms with Crippen LogP contribution in [0.2, 0.25) is 0 Å². The van der Waals surface area contributed by atoms with Crippen molar-refractivity contribution in [2.75, 3.05) is 11.9 Å². The predicted octanol–water partition coefficient (Wildman–Crippen LogP) is 2.04. The maximum atomic E-state index is 13.4. The largest absolute Gasteiger partial charge is 0.361 e. The Labute approximate surface area is 93.1 Å². The van der Waals surface area contributed by atoms with Crippen LogP contribution in [0.3, 0.4) is 0 Å². The predicted molar refractivity (Wildman–Crippen MR) is 58.0 cm³/mol. The SMILES string of the molecule is NCC1(Nc2ncc(F)cc2F)CCCC1. The fourth-order valence-corrected chi connectivity index (χ4v) is 2.19. The summed E-state index contributed by atoms with van der Waals surface area (Å²) in [6.07, 6.45) is 4.97. The Hall–Kier alpha value is -1.23. The fraction of sp³-hybridized carbons (Fsp3) is 0.545. The van der Waals surface area contributed by atoms with Crippen LogP contribution in [0.15, 0.2) is 12.3 Å². The van der Waals surface area contributed by atoms with Gasteiger partial charge in [0.2, 0.25) is 0 Å². The van der Waals surface area contributed by atoms with E-state index in [0.29, 0.717) is 6.54 Å². The minimum atomic E-state index is -0.670. The number of nitrogens with zero attached hydrogens (tertiary/aromatic N) is 1. The molecule has 0 radical (unpaired) electrons. The fourth-order valence-electron chi connectivity index (χ4n) is 2.19. The van der Waals surface area contributed by atoms with Crippen molar-refractivity contribution in [2.45, 2.75) is 31.2 Å². The van der Waals surface area contributed by atoms with Crippen molar-refractivity contribution in [3.63, 3.8) is 0 Å². The van der Waals surface area contributed by atoms with E-state index in [4.69, 9.17) is 5.73 Å². The molecular weight excluding hydrogens is 212 g/mol. The van der Waals surface area contributed by atoms with Crippen molar-refractivity contribution < 1.29 is 8.78 Å². The second kappa shape index (κ2) is 4.33. The van der Waals surface area contributed by atoms with E-state index >= 15 is 0 Å². The highest BCUT2D eigenvalue weighted by atomic mass is 19.1. The van der Waals surface area contributed by atoms with Crippen molar-refractivity contribution in [1.29, 1.82) is 0 Å². The summed E-state index contributed by atoms with van der Waals surface area (Å²) in [6.45, 7) is 0.436. The van der Waals surface area contributed by atoms with Crippen LogP contribution in [0, 0.1) is 11.6 Å².